The number of nitrogens with one attached hydrogen (secondary N) is 1. The van der Waals surface area contributed by atoms with E-state index in [-0.39, 0.29) is 0 Å². The first-order valence-corrected chi connectivity index (χ1v) is 8.94. The van der Waals surface area contributed by atoms with E-state index < -0.39 is 0 Å². The van der Waals surface area contributed by atoms with E-state index in [0.29, 0.717) is 12.0 Å². The minimum atomic E-state index is 0.348. The maximum absolute atomic E-state index is 5.88. The Labute approximate surface area is 143 Å². The molecular weight excluding hydrogens is 298 g/mol. The van der Waals surface area contributed by atoms with Crippen molar-refractivity contribution < 1.29 is 0 Å². The molecule has 0 bridgehead atoms. The number of fused-ring (bicyclic) bond motifs is 1. The van der Waals surface area contributed by atoms with Crippen LogP contribution in [0.4, 0.5) is 11.5 Å². The summed E-state index contributed by atoms with van der Waals surface area (Å²) in [6.07, 6.45) is 6.18. The molecule has 0 spiro atoms. The number of nitrogens with zero attached hydrogens (tertiary/aromatic N) is 3. The third-order valence-corrected chi connectivity index (χ3v) is 5.18. The highest BCUT2D eigenvalue weighted by Gasteiger charge is 2.28. The van der Waals surface area contributed by atoms with Gasteiger partial charge in [-0.2, -0.15) is 0 Å². The van der Waals surface area contributed by atoms with Crippen LogP contribution in [-0.4, -0.2) is 35.6 Å². The molecule has 0 amide bonds. The molecular formula is C19H25N5. The molecule has 24 heavy (non-hydrogen) atoms. The van der Waals surface area contributed by atoms with Gasteiger partial charge >= 0.3 is 0 Å². The van der Waals surface area contributed by atoms with E-state index in [2.05, 4.69) is 50.5 Å². The summed E-state index contributed by atoms with van der Waals surface area (Å²) in [5.74, 6) is 1.43. The summed E-state index contributed by atoms with van der Waals surface area (Å²) in [4.78, 5) is 11.2. The molecule has 5 nitrogen and oxygen atoms in total. The molecule has 5 heteroatoms. The fourth-order valence-corrected chi connectivity index (χ4v) is 3.76. The highest BCUT2D eigenvalue weighted by Crippen LogP contribution is 2.34. The molecule has 1 aromatic carbocycles. The van der Waals surface area contributed by atoms with Crippen LogP contribution in [0.2, 0.25) is 0 Å². The van der Waals surface area contributed by atoms with Crippen LogP contribution in [0, 0.1) is 0 Å². The number of nitrogens with two attached hydrogens (primary N) is 1. The van der Waals surface area contributed by atoms with Crippen molar-refractivity contribution >= 4 is 11.5 Å². The molecule has 0 unspecified atom stereocenters. The van der Waals surface area contributed by atoms with Crippen LogP contribution in [0.5, 0.6) is 0 Å². The van der Waals surface area contributed by atoms with Gasteiger partial charge in [-0.3, -0.25) is 0 Å². The van der Waals surface area contributed by atoms with E-state index in [1.54, 1.807) is 6.33 Å². The Hall–Kier alpha value is -2.14. The Kier molecular flexibility index (Phi) is 4.34. The summed E-state index contributed by atoms with van der Waals surface area (Å²) < 4.78 is 0. The Bertz CT molecular complexity index is 696. The molecule has 0 saturated heterocycles. The predicted octanol–water partition coefficient (Wildman–Crippen LogP) is 2.55. The Morgan fingerprint density at radius 1 is 1.21 bits per heavy atom. The lowest BCUT2D eigenvalue weighted by molar-refractivity contribution is 0.345. The van der Waals surface area contributed by atoms with Gasteiger partial charge < -0.3 is 16.0 Å². The highest BCUT2D eigenvalue weighted by molar-refractivity contribution is 5.55. The number of benzene rings is 1. The van der Waals surface area contributed by atoms with E-state index in [1.807, 2.05) is 0 Å². The molecule has 1 fully saturated rings. The van der Waals surface area contributed by atoms with Crippen LogP contribution in [0.25, 0.3) is 0 Å². The average Bonchev–Trinajstić information content (AvgIpc) is 2.59. The van der Waals surface area contributed by atoms with Crippen molar-refractivity contribution in [3.63, 3.8) is 0 Å². The standard InChI is InChI=1S/C19H25N5/c20-16-10-15(11-16)17-12-19(23-13-22-17)21-7-9-24-8-3-5-14-4-1-2-6-18(14)24/h1-2,4,6,12-13,15-16H,3,5,7-11,20H2,(H,21,22,23). The zero-order valence-corrected chi connectivity index (χ0v) is 14.0. The van der Waals surface area contributed by atoms with Crippen LogP contribution < -0.4 is 16.0 Å². The lowest BCUT2D eigenvalue weighted by Crippen LogP contribution is -2.35. The minimum absolute atomic E-state index is 0.348. The van der Waals surface area contributed by atoms with Gasteiger partial charge in [-0.05, 0) is 37.3 Å². The molecule has 1 aliphatic carbocycles. The van der Waals surface area contributed by atoms with Crippen LogP contribution in [-0.2, 0) is 6.42 Å². The van der Waals surface area contributed by atoms with Crippen molar-refractivity contribution in [3.05, 3.63) is 47.9 Å². The maximum Gasteiger partial charge on any atom is 0.129 e. The van der Waals surface area contributed by atoms with Crippen molar-refractivity contribution in [2.75, 3.05) is 29.9 Å². The second-order valence-corrected chi connectivity index (χ2v) is 6.90. The molecule has 2 heterocycles. The van der Waals surface area contributed by atoms with Gasteiger partial charge in [-0.25, -0.2) is 9.97 Å². The van der Waals surface area contributed by atoms with Crippen molar-refractivity contribution in [3.8, 4) is 0 Å². The van der Waals surface area contributed by atoms with Crippen molar-refractivity contribution in [1.82, 2.24) is 9.97 Å². The number of para-hydroxylation sites is 1. The molecule has 2 aliphatic rings. The van der Waals surface area contributed by atoms with Crippen molar-refractivity contribution in [1.29, 1.82) is 0 Å². The third-order valence-electron chi connectivity index (χ3n) is 5.18. The first kappa shape index (κ1) is 15.4. The predicted molar refractivity (Wildman–Crippen MR) is 97.4 cm³/mol. The van der Waals surface area contributed by atoms with Crippen molar-refractivity contribution in [2.24, 2.45) is 5.73 Å². The number of rotatable bonds is 5. The highest BCUT2D eigenvalue weighted by atomic mass is 15.2. The van der Waals surface area contributed by atoms with Gasteiger partial charge in [0.25, 0.3) is 0 Å². The second kappa shape index (κ2) is 6.77. The summed E-state index contributed by atoms with van der Waals surface area (Å²) in [6, 6.07) is 11.2. The number of aromatic nitrogens is 2. The molecule has 126 valence electrons. The fraction of sp³-hybridized carbons (Fsp3) is 0.474. The molecule has 0 radical (unpaired) electrons. The zero-order chi connectivity index (χ0) is 16.4. The van der Waals surface area contributed by atoms with Gasteiger partial charge in [0.2, 0.25) is 0 Å². The van der Waals surface area contributed by atoms with Gasteiger partial charge in [0.15, 0.2) is 0 Å². The number of aryl methyl sites for hydroxylation is 1. The second-order valence-electron chi connectivity index (χ2n) is 6.90. The summed E-state index contributed by atoms with van der Waals surface area (Å²) in [7, 11) is 0. The number of hydrogen-bond donors (Lipinski definition) is 2. The Balaban J connectivity index is 1.34. The van der Waals surface area contributed by atoms with Gasteiger partial charge in [0.05, 0.1) is 0 Å². The van der Waals surface area contributed by atoms with E-state index in [4.69, 9.17) is 5.73 Å². The third kappa shape index (κ3) is 3.22. The van der Waals surface area contributed by atoms with E-state index in [0.717, 1.165) is 44.0 Å². The molecule has 3 N–H and O–H groups in total. The molecule has 1 saturated carbocycles. The van der Waals surface area contributed by atoms with Gasteiger partial charge in [-0.1, -0.05) is 18.2 Å². The molecule has 4 rings (SSSR count). The lowest BCUT2D eigenvalue weighted by atomic mass is 9.79. The molecule has 1 aromatic heterocycles. The van der Waals surface area contributed by atoms with Gasteiger partial charge in [0, 0.05) is 49.0 Å². The van der Waals surface area contributed by atoms with Gasteiger partial charge in [-0.15, -0.1) is 0 Å². The molecule has 0 atom stereocenters. The lowest BCUT2D eigenvalue weighted by Gasteiger charge is -2.32. The fourth-order valence-electron chi connectivity index (χ4n) is 3.76. The first-order valence-electron chi connectivity index (χ1n) is 8.94. The SMILES string of the molecule is NC1CC(c2cc(NCCN3CCCc4ccccc43)ncn2)C1. The molecule has 2 aromatic rings. The van der Waals surface area contributed by atoms with Crippen LogP contribution in [0.1, 0.15) is 36.4 Å². The largest absolute Gasteiger partial charge is 0.370 e. The summed E-state index contributed by atoms with van der Waals surface area (Å²) in [5, 5.41) is 3.45. The van der Waals surface area contributed by atoms with E-state index >= 15 is 0 Å². The normalized spacial score (nSPS) is 22.6. The van der Waals surface area contributed by atoms with Crippen LogP contribution >= 0.6 is 0 Å². The van der Waals surface area contributed by atoms with Crippen LogP contribution in [0.3, 0.4) is 0 Å². The first-order chi connectivity index (χ1) is 11.8. The summed E-state index contributed by atoms with van der Waals surface area (Å²) >= 11 is 0. The maximum atomic E-state index is 5.88. The van der Waals surface area contributed by atoms with Crippen LogP contribution in [0.15, 0.2) is 36.7 Å². The van der Waals surface area contributed by atoms with E-state index in [9.17, 15) is 0 Å². The number of hydrogen-bond acceptors (Lipinski definition) is 5. The Morgan fingerprint density at radius 3 is 2.96 bits per heavy atom. The minimum Gasteiger partial charge on any atom is -0.370 e. The van der Waals surface area contributed by atoms with Gasteiger partial charge in [0.1, 0.15) is 12.1 Å². The smallest absolute Gasteiger partial charge is 0.129 e. The zero-order valence-electron chi connectivity index (χ0n) is 14.0. The summed E-state index contributed by atoms with van der Waals surface area (Å²) in [5.41, 5.74) is 9.86. The monoisotopic (exact) mass is 323 g/mol. The number of anilines is 2. The average molecular weight is 323 g/mol. The molecule has 1 aliphatic heterocycles. The summed E-state index contributed by atoms with van der Waals surface area (Å²) in [6.45, 7) is 3.01. The van der Waals surface area contributed by atoms with Crippen molar-refractivity contribution in [2.45, 2.75) is 37.6 Å². The van der Waals surface area contributed by atoms with E-state index in [1.165, 1.54) is 24.1 Å². The topological polar surface area (TPSA) is 67.1 Å². The quantitative estimate of drug-likeness (QED) is 0.885. The Morgan fingerprint density at radius 2 is 2.08 bits per heavy atom.